The molecule has 2 heterocycles. The Labute approximate surface area is 178 Å². The van der Waals surface area contributed by atoms with Gasteiger partial charge in [-0.3, -0.25) is 0 Å². The number of anilines is 3. The molecule has 4 rings (SSSR count). The van der Waals surface area contributed by atoms with Gasteiger partial charge in [-0.25, -0.2) is 4.98 Å². The van der Waals surface area contributed by atoms with Gasteiger partial charge in [-0.05, 0) is 42.5 Å². The molecular weight excluding hydrogens is 409 g/mol. The van der Waals surface area contributed by atoms with Crippen LogP contribution in [-0.4, -0.2) is 29.3 Å². The second kappa shape index (κ2) is 9.65. The van der Waals surface area contributed by atoms with Crippen LogP contribution in [0, 0.1) is 0 Å². The van der Waals surface area contributed by atoms with Crippen LogP contribution in [-0.2, 0) is 10.9 Å². The predicted octanol–water partition coefficient (Wildman–Crippen LogP) is 5.29. The van der Waals surface area contributed by atoms with Crippen LogP contribution >= 0.6 is 0 Å². The van der Waals surface area contributed by atoms with Gasteiger partial charge in [-0.15, -0.1) is 0 Å². The van der Waals surface area contributed by atoms with Crippen molar-refractivity contribution in [1.82, 2.24) is 9.97 Å². The summed E-state index contributed by atoms with van der Waals surface area (Å²) in [5, 5.41) is 3.10. The molecule has 9 heteroatoms. The van der Waals surface area contributed by atoms with Crippen molar-refractivity contribution in [2.24, 2.45) is 0 Å². The molecule has 31 heavy (non-hydrogen) atoms. The molecule has 2 aromatic carbocycles. The minimum atomic E-state index is -4.38. The largest absolute Gasteiger partial charge is 0.469 e. The Bertz CT molecular complexity index is 1010. The lowest BCUT2D eigenvalue weighted by Gasteiger charge is -2.26. The molecule has 0 unspecified atom stereocenters. The first-order chi connectivity index (χ1) is 14.9. The van der Waals surface area contributed by atoms with Gasteiger partial charge in [0.15, 0.2) is 5.82 Å². The third-order valence-electron chi connectivity index (χ3n) is 4.30. The van der Waals surface area contributed by atoms with Crippen LogP contribution in [0.4, 0.5) is 30.2 Å². The Morgan fingerprint density at radius 3 is 2.39 bits per heavy atom. The van der Waals surface area contributed by atoms with Gasteiger partial charge >= 0.3 is 6.18 Å². The Morgan fingerprint density at radius 2 is 1.77 bits per heavy atom. The van der Waals surface area contributed by atoms with Crippen LogP contribution in [0.15, 0.2) is 54.7 Å². The Kier molecular flexibility index (Phi) is 6.96. The number of nitrogens with two attached hydrogens (primary N) is 1. The number of benzene rings is 2. The molecule has 1 aromatic heterocycles. The number of alkyl halides is 3. The topological polar surface area (TPSA) is 82.3 Å². The van der Waals surface area contributed by atoms with E-state index in [0.29, 0.717) is 47.5 Å². The van der Waals surface area contributed by atoms with Crippen molar-refractivity contribution in [2.45, 2.75) is 26.1 Å². The maximum atomic E-state index is 12.8. The zero-order valence-corrected chi connectivity index (χ0v) is 17.1. The van der Waals surface area contributed by atoms with E-state index in [4.69, 9.17) is 15.2 Å². The first kappa shape index (κ1) is 22.4. The molecule has 1 aliphatic heterocycles. The van der Waals surface area contributed by atoms with Gasteiger partial charge in [-0.2, -0.15) is 18.2 Å². The van der Waals surface area contributed by atoms with E-state index in [1.165, 1.54) is 12.1 Å². The van der Waals surface area contributed by atoms with Gasteiger partial charge in [0.2, 0.25) is 5.88 Å². The standard InChI is InChI=1S/C20H17F3N4O2.C2H6/c21-20(22,23)12-1-4-14(5-2-12)26-17-6-3-13(24)9-16(17)19-25-8-7-18(27-19)29-15-10-28-11-15;1-2/h1-9,15,26H,10-11,24H2;1-2H3. The zero-order valence-electron chi connectivity index (χ0n) is 17.1. The number of halogens is 3. The lowest BCUT2D eigenvalue weighted by molar-refractivity contribution is -0.137. The quantitative estimate of drug-likeness (QED) is 0.533. The molecule has 0 aliphatic carbocycles. The van der Waals surface area contributed by atoms with E-state index in [1.54, 1.807) is 30.5 Å². The molecule has 0 atom stereocenters. The monoisotopic (exact) mass is 432 g/mol. The van der Waals surface area contributed by atoms with Crippen LogP contribution < -0.4 is 15.8 Å². The lowest BCUT2D eigenvalue weighted by Crippen LogP contribution is -2.38. The number of ether oxygens (including phenoxy) is 2. The van der Waals surface area contributed by atoms with Crippen LogP contribution in [0.3, 0.4) is 0 Å². The summed E-state index contributed by atoms with van der Waals surface area (Å²) in [6.45, 7) is 5.02. The molecule has 0 radical (unpaired) electrons. The summed E-state index contributed by atoms with van der Waals surface area (Å²) in [5.74, 6) is 0.788. The molecule has 1 saturated heterocycles. The van der Waals surface area contributed by atoms with Crippen molar-refractivity contribution >= 4 is 17.1 Å². The summed E-state index contributed by atoms with van der Waals surface area (Å²) in [7, 11) is 0. The van der Waals surface area contributed by atoms with E-state index in [0.717, 1.165) is 12.1 Å². The highest BCUT2D eigenvalue weighted by molar-refractivity contribution is 5.80. The van der Waals surface area contributed by atoms with Crippen LogP contribution in [0.2, 0.25) is 0 Å². The van der Waals surface area contributed by atoms with Crippen molar-refractivity contribution in [2.75, 3.05) is 24.3 Å². The highest BCUT2D eigenvalue weighted by Crippen LogP contribution is 2.33. The fraction of sp³-hybridized carbons (Fsp3) is 0.273. The number of hydrogen-bond acceptors (Lipinski definition) is 6. The van der Waals surface area contributed by atoms with Gasteiger partial charge in [0.05, 0.1) is 18.8 Å². The molecule has 3 N–H and O–H groups in total. The summed E-state index contributed by atoms with van der Waals surface area (Å²) in [6.07, 6.45) is -2.85. The SMILES string of the molecule is CC.Nc1ccc(Nc2ccc(C(F)(F)F)cc2)c(-c2nccc(OC3COC3)n2)c1. The molecule has 1 aliphatic rings. The summed E-state index contributed by atoms with van der Waals surface area (Å²) in [4.78, 5) is 8.71. The van der Waals surface area contributed by atoms with Gasteiger partial charge < -0.3 is 20.5 Å². The minimum absolute atomic E-state index is 0.0386. The minimum Gasteiger partial charge on any atom is -0.469 e. The number of nitrogens with zero attached hydrogens (tertiary/aromatic N) is 2. The first-order valence-corrected chi connectivity index (χ1v) is 9.80. The van der Waals surface area contributed by atoms with Crippen molar-refractivity contribution in [3.63, 3.8) is 0 Å². The average Bonchev–Trinajstić information content (AvgIpc) is 2.73. The number of nitrogen functional groups attached to an aromatic ring is 1. The average molecular weight is 432 g/mol. The van der Waals surface area contributed by atoms with E-state index in [9.17, 15) is 13.2 Å². The first-order valence-electron chi connectivity index (χ1n) is 9.80. The highest BCUT2D eigenvalue weighted by atomic mass is 19.4. The van der Waals surface area contributed by atoms with Gasteiger partial charge in [0, 0.05) is 34.9 Å². The zero-order chi connectivity index (χ0) is 22.4. The fourth-order valence-corrected chi connectivity index (χ4v) is 2.74. The third-order valence-corrected chi connectivity index (χ3v) is 4.30. The van der Waals surface area contributed by atoms with Crippen molar-refractivity contribution in [1.29, 1.82) is 0 Å². The molecule has 6 nitrogen and oxygen atoms in total. The summed E-state index contributed by atoms with van der Waals surface area (Å²) in [5.41, 5.74) is 7.39. The number of nitrogens with one attached hydrogen (secondary N) is 1. The van der Waals surface area contributed by atoms with Crippen molar-refractivity contribution in [3.8, 4) is 17.3 Å². The maximum Gasteiger partial charge on any atom is 0.416 e. The van der Waals surface area contributed by atoms with Gasteiger partial charge in [-0.1, -0.05) is 13.8 Å². The molecule has 1 fully saturated rings. The fourth-order valence-electron chi connectivity index (χ4n) is 2.74. The molecule has 0 bridgehead atoms. The molecule has 0 spiro atoms. The molecular formula is C22H23F3N4O2. The second-order valence-corrected chi connectivity index (χ2v) is 6.50. The molecule has 0 saturated carbocycles. The van der Waals surface area contributed by atoms with E-state index in [1.807, 2.05) is 13.8 Å². The molecule has 3 aromatic rings. The van der Waals surface area contributed by atoms with E-state index in [2.05, 4.69) is 15.3 Å². The number of aromatic nitrogens is 2. The van der Waals surface area contributed by atoms with Gasteiger partial charge in [0.25, 0.3) is 0 Å². The van der Waals surface area contributed by atoms with Crippen LogP contribution in [0.25, 0.3) is 11.4 Å². The Hall–Kier alpha value is -3.33. The van der Waals surface area contributed by atoms with Crippen molar-refractivity contribution < 1.29 is 22.6 Å². The predicted molar refractivity (Wildman–Crippen MR) is 113 cm³/mol. The number of rotatable bonds is 5. The highest BCUT2D eigenvalue weighted by Gasteiger charge is 2.30. The molecule has 164 valence electrons. The second-order valence-electron chi connectivity index (χ2n) is 6.50. The summed E-state index contributed by atoms with van der Waals surface area (Å²) in [6, 6.07) is 11.5. The van der Waals surface area contributed by atoms with Crippen molar-refractivity contribution in [3.05, 3.63) is 60.3 Å². The van der Waals surface area contributed by atoms with E-state index < -0.39 is 11.7 Å². The lowest BCUT2D eigenvalue weighted by atomic mass is 10.1. The smallest absolute Gasteiger partial charge is 0.416 e. The molecule has 0 amide bonds. The summed E-state index contributed by atoms with van der Waals surface area (Å²) >= 11 is 0. The van der Waals surface area contributed by atoms with Gasteiger partial charge in [0.1, 0.15) is 6.10 Å². The Morgan fingerprint density at radius 1 is 1.06 bits per heavy atom. The van der Waals surface area contributed by atoms with Crippen LogP contribution in [0.1, 0.15) is 19.4 Å². The Balaban J connectivity index is 0.00000132. The van der Waals surface area contributed by atoms with Crippen LogP contribution in [0.5, 0.6) is 5.88 Å². The van der Waals surface area contributed by atoms with E-state index >= 15 is 0 Å². The maximum absolute atomic E-state index is 12.8. The third kappa shape index (κ3) is 5.64. The van der Waals surface area contributed by atoms with E-state index in [-0.39, 0.29) is 6.10 Å². The summed E-state index contributed by atoms with van der Waals surface area (Å²) < 4.78 is 49.1. The normalized spacial score (nSPS) is 13.6. The number of hydrogen-bond donors (Lipinski definition) is 2.